The zero-order chi connectivity index (χ0) is 47.8. The van der Waals surface area contributed by atoms with E-state index in [0.29, 0.717) is 51.8 Å². The number of aryl methyl sites for hydroxylation is 4. The maximum Gasteiger partial charge on any atom is 2.00 e. The van der Waals surface area contributed by atoms with Crippen molar-refractivity contribution in [3.63, 3.8) is 0 Å². The number of rotatable bonds is 13. The Labute approximate surface area is 444 Å². The fraction of sp³-hybridized carbons (Fsp3) is 0.197. The van der Waals surface area contributed by atoms with E-state index in [1.165, 1.54) is 23.8 Å². The Balaban J connectivity index is 0.00000338. The van der Waals surface area contributed by atoms with Gasteiger partial charge in [-0.3, -0.25) is 0 Å². The van der Waals surface area contributed by atoms with Crippen LogP contribution in [0.15, 0.2) is 134 Å². The molecule has 71 heavy (non-hydrogen) atoms. The van der Waals surface area contributed by atoms with Crippen LogP contribution in [0.5, 0.6) is 23.0 Å². The molecule has 0 unspecified atom stereocenters. The summed E-state index contributed by atoms with van der Waals surface area (Å²) in [6.07, 6.45) is 8.99. The fourth-order valence-electron chi connectivity index (χ4n) is 9.07. The second kappa shape index (κ2) is 21.8. The molecule has 0 spiro atoms. The molecule has 0 saturated carbocycles. The Kier molecular flexibility index (Phi) is 15.6. The number of benzene rings is 6. The van der Waals surface area contributed by atoms with E-state index < -0.39 is 0 Å². The van der Waals surface area contributed by atoms with Crippen LogP contribution in [-0.4, -0.2) is 29.5 Å². The fourth-order valence-corrected chi connectivity index (χ4v) is 9.07. The zero-order valence-corrected chi connectivity index (χ0v) is 44.7. The Hall–Kier alpha value is -6.62. The van der Waals surface area contributed by atoms with Crippen molar-refractivity contribution in [1.82, 2.24) is 29.5 Å². The number of pyridine rings is 2. The van der Waals surface area contributed by atoms with Crippen LogP contribution in [0.25, 0.3) is 72.5 Å². The summed E-state index contributed by atoms with van der Waals surface area (Å²) in [7, 11) is 0. The van der Waals surface area contributed by atoms with Crippen molar-refractivity contribution in [3.8, 4) is 73.7 Å². The Morgan fingerprint density at radius 1 is 0.493 bits per heavy atom. The van der Waals surface area contributed by atoms with Crippen molar-refractivity contribution >= 4 is 21.8 Å². The third-order valence-electron chi connectivity index (χ3n) is 12.2. The van der Waals surface area contributed by atoms with Gasteiger partial charge in [0.1, 0.15) is 12.7 Å². The first-order chi connectivity index (χ1) is 33.4. The van der Waals surface area contributed by atoms with E-state index in [1.807, 2.05) is 67.2 Å². The molecule has 0 saturated heterocycles. The van der Waals surface area contributed by atoms with Crippen molar-refractivity contribution in [2.24, 2.45) is 11.8 Å². The van der Waals surface area contributed by atoms with Gasteiger partial charge in [0.15, 0.2) is 0 Å². The maximum atomic E-state index is 6.54. The van der Waals surface area contributed by atoms with E-state index in [2.05, 4.69) is 154 Å². The molecule has 358 valence electrons. The summed E-state index contributed by atoms with van der Waals surface area (Å²) in [5.74, 6) is 3.75. The molecular weight excluding hydrogens is 1150 g/mol. The molecule has 0 bridgehead atoms. The van der Waals surface area contributed by atoms with Gasteiger partial charge in [-0.1, -0.05) is 138 Å². The molecule has 0 radical (unpaired) electrons. The first-order valence-corrected chi connectivity index (χ1v) is 23.5. The average molecular weight is 1200 g/mol. The van der Waals surface area contributed by atoms with Crippen LogP contribution in [0.3, 0.4) is 0 Å². The molecule has 10 rings (SSSR count). The van der Waals surface area contributed by atoms with Crippen molar-refractivity contribution in [3.05, 3.63) is 192 Å². The number of nitrogens with zero attached hydrogens (tertiary/aromatic N) is 6. The first kappa shape index (κ1) is 50.8. The molecule has 4 aromatic heterocycles. The molecule has 0 aliphatic heterocycles. The SMILES string of the molecule is Cc1cc(Oc2[c-]c3c(cc2)c2ccc(Oc4[c-]c(-c5cc(C)c(-c6ccc(CC(C)C)cc6)cn5)cc(C)c4)[c-]c2n3-c2ncncn2)[c-]c(-c2cc(C)c(-c3ccc(CC(C)C)cc3)cn2)c1.[Pd+2].[Pt+2]. The van der Waals surface area contributed by atoms with Gasteiger partial charge in [0.25, 0.3) is 0 Å². The second-order valence-corrected chi connectivity index (χ2v) is 18.9. The van der Waals surface area contributed by atoms with E-state index in [9.17, 15) is 0 Å². The minimum Gasteiger partial charge on any atom is -0.503 e. The van der Waals surface area contributed by atoms with Crippen LogP contribution in [0.4, 0.5) is 0 Å². The normalized spacial score (nSPS) is 11.2. The average Bonchev–Trinajstić information content (AvgIpc) is 3.64. The number of hydrogen-bond acceptors (Lipinski definition) is 7. The monoisotopic (exact) mass is 1200 g/mol. The van der Waals surface area contributed by atoms with Gasteiger partial charge < -0.3 is 24.0 Å². The minimum atomic E-state index is 0. The third-order valence-corrected chi connectivity index (χ3v) is 12.2. The van der Waals surface area contributed by atoms with Crippen LogP contribution in [0.1, 0.15) is 61.1 Å². The summed E-state index contributed by atoms with van der Waals surface area (Å²) in [5.41, 5.74) is 16.3. The van der Waals surface area contributed by atoms with E-state index >= 15 is 0 Å². The van der Waals surface area contributed by atoms with Crippen molar-refractivity contribution < 1.29 is 51.0 Å². The van der Waals surface area contributed by atoms with Gasteiger partial charge in [0.2, 0.25) is 5.95 Å². The number of hydrogen-bond donors (Lipinski definition) is 0. The van der Waals surface area contributed by atoms with Crippen LogP contribution < -0.4 is 9.47 Å². The molecule has 10 heteroatoms. The number of ether oxygens (including phenoxy) is 2. The Morgan fingerprint density at radius 2 is 0.915 bits per heavy atom. The van der Waals surface area contributed by atoms with Crippen molar-refractivity contribution in [2.45, 2.75) is 68.2 Å². The summed E-state index contributed by atoms with van der Waals surface area (Å²) in [6, 6.07) is 51.8. The van der Waals surface area contributed by atoms with Crippen LogP contribution in [0.2, 0.25) is 0 Å². The minimum absolute atomic E-state index is 0. The standard InChI is InChI=1S/C61H52N6O2.Pd.Pt/c1-37(2)21-43-9-13-45(14-10-43)55-33-63-57(27-41(55)7)47-23-39(5)25-51(29-47)68-49-17-19-53-54-20-18-50(32-60(54)67(59(53)31-49)61-65-35-62-36-66-61)69-52-26-40(6)24-48(30-52)58-28-42(8)56(34-64-58)46-15-11-44(12-16-46)22-38(3)4;;/h9-20,23-28,33-38H,21-22H2,1-8H3;;/q-4;2*+2. The second-order valence-electron chi connectivity index (χ2n) is 18.9. The summed E-state index contributed by atoms with van der Waals surface area (Å²) >= 11 is 0. The van der Waals surface area contributed by atoms with Gasteiger partial charge in [0.05, 0.1) is 0 Å². The van der Waals surface area contributed by atoms with Crippen LogP contribution >= 0.6 is 0 Å². The topological polar surface area (TPSA) is 87.8 Å². The molecule has 0 aliphatic carbocycles. The Morgan fingerprint density at radius 3 is 1.31 bits per heavy atom. The molecule has 0 fully saturated rings. The number of fused-ring (bicyclic) bond motifs is 3. The van der Waals surface area contributed by atoms with Crippen molar-refractivity contribution in [2.75, 3.05) is 0 Å². The van der Waals surface area contributed by atoms with Gasteiger partial charge in [-0.25, -0.2) is 15.0 Å². The maximum absolute atomic E-state index is 6.54. The molecule has 8 nitrogen and oxygen atoms in total. The molecular formula is C61H52N6O2PdPt. The zero-order valence-electron chi connectivity index (χ0n) is 40.9. The largest absolute Gasteiger partial charge is 2.00 e. The Bertz CT molecular complexity index is 3290. The molecule has 6 aromatic carbocycles. The van der Waals surface area contributed by atoms with E-state index in [-0.39, 0.29) is 41.5 Å². The molecule has 4 heterocycles. The molecule has 0 N–H and O–H groups in total. The predicted octanol–water partition coefficient (Wildman–Crippen LogP) is 14.8. The number of aromatic nitrogens is 6. The van der Waals surface area contributed by atoms with E-state index in [1.54, 1.807) is 0 Å². The van der Waals surface area contributed by atoms with E-state index in [4.69, 9.17) is 19.4 Å². The van der Waals surface area contributed by atoms with E-state index in [0.717, 1.165) is 90.6 Å². The third kappa shape index (κ3) is 11.3. The summed E-state index contributed by atoms with van der Waals surface area (Å²) < 4.78 is 15.0. The van der Waals surface area contributed by atoms with Crippen molar-refractivity contribution in [1.29, 1.82) is 0 Å². The summed E-state index contributed by atoms with van der Waals surface area (Å²) in [6.45, 7) is 17.3. The molecule has 10 aromatic rings. The molecule has 0 aliphatic rings. The van der Waals surface area contributed by atoms with Gasteiger partial charge >= 0.3 is 41.5 Å². The summed E-state index contributed by atoms with van der Waals surface area (Å²) in [5, 5.41) is 1.84. The van der Waals surface area contributed by atoms with Crippen LogP contribution in [0, 0.1) is 63.8 Å². The summed E-state index contributed by atoms with van der Waals surface area (Å²) in [4.78, 5) is 23.0. The first-order valence-electron chi connectivity index (χ1n) is 23.5. The predicted molar refractivity (Wildman–Crippen MR) is 276 cm³/mol. The van der Waals surface area contributed by atoms with Gasteiger partial charge in [0, 0.05) is 46.5 Å². The van der Waals surface area contributed by atoms with Gasteiger partial charge in [-0.2, -0.15) is 22.9 Å². The van der Waals surface area contributed by atoms with Crippen LogP contribution in [-0.2, 0) is 54.3 Å². The molecule has 0 atom stereocenters. The smallest absolute Gasteiger partial charge is 0.503 e. The quantitative estimate of drug-likeness (QED) is 0.0839. The van der Waals surface area contributed by atoms with Gasteiger partial charge in [-0.05, 0) is 83.3 Å². The van der Waals surface area contributed by atoms with Gasteiger partial charge in [-0.15, -0.1) is 58.7 Å². The molecule has 0 amide bonds.